The number of alkyl halides is 2. The first-order valence-electron chi connectivity index (χ1n) is 12.8. The standard InChI is InChI=1S/C30H37F2NO3/c1-4-29(34)36-20-10-17-30(31,32)16-9-19-35-26-15-14-25-21-27(24-12-6-5-7-13-24)33(28(25)22-26)18-8-11-23(2)3/h4-7,12-15,21-23H,1,8-11,16-20H2,2-3H3. The van der Waals surface area contributed by atoms with Crippen LogP contribution >= 0.6 is 0 Å². The van der Waals surface area contributed by atoms with Crippen molar-refractivity contribution in [1.82, 2.24) is 4.57 Å². The van der Waals surface area contributed by atoms with Crippen molar-refractivity contribution in [3.05, 3.63) is 67.3 Å². The maximum absolute atomic E-state index is 14.1. The second-order valence-corrected chi connectivity index (χ2v) is 9.59. The predicted octanol–water partition coefficient (Wildman–Crippen LogP) is 8.05. The van der Waals surface area contributed by atoms with Crippen molar-refractivity contribution in [3.63, 3.8) is 0 Å². The molecule has 0 aliphatic heterocycles. The highest BCUT2D eigenvalue weighted by molar-refractivity contribution is 5.88. The summed E-state index contributed by atoms with van der Waals surface area (Å²) in [6, 6.07) is 18.5. The molecule has 4 nitrogen and oxygen atoms in total. The summed E-state index contributed by atoms with van der Waals surface area (Å²) in [5.41, 5.74) is 3.43. The van der Waals surface area contributed by atoms with E-state index in [4.69, 9.17) is 9.47 Å². The number of carbonyl (C=O) groups excluding carboxylic acids is 1. The summed E-state index contributed by atoms with van der Waals surface area (Å²) < 4.78 is 41.2. The van der Waals surface area contributed by atoms with Crippen LogP contribution in [0.1, 0.15) is 52.4 Å². The van der Waals surface area contributed by atoms with Gasteiger partial charge in [-0.25, -0.2) is 13.6 Å². The molecule has 0 atom stereocenters. The number of rotatable bonds is 15. The molecule has 0 amide bonds. The Labute approximate surface area is 212 Å². The van der Waals surface area contributed by atoms with E-state index in [1.54, 1.807) is 0 Å². The third-order valence-corrected chi connectivity index (χ3v) is 6.16. The Balaban J connectivity index is 1.61. The lowest BCUT2D eigenvalue weighted by atomic mass is 10.1. The summed E-state index contributed by atoms with van der Waals surface area (Å²) in [7, 11) is 0. The highest BCUT2D eigenvalue weighted by atomic mass is 19.3. The predicted molar refractivity (Wildman–Crippen MR) is 142 cm³/mol. The van der Waals surface area contributed by atoms with Crippen molar-refractivity contribution in [1.29, 1.82) is 0 Å². The van der Waals surface area contributed by atoms with Gasteiger partial charge >= 0.3 is 5.97 Å². The van der Waals surface area contributed by atoms with E-state index >= 15 is 0 Å². The zero-order valence-corrected chi connectivity index (χ0v) is 21.3. The van der Waals surface area contributed by atoms with Gasteiger partial charge in [-0.15, -0.1) is 0 Å². The molecule has 0 saturated carbocycles. The van der Waals surface area contributed by atoms with Gasteiger partial charge in [0.25, 0.3) is 0 Å². The van der Waals surface area contributed by atoms with E-state index in [1.807, 2.05) is 36.4 Å². The zero-order valence-electron chi connectivity index (χ0n) is 21.3. The van der Waals surface area contributed by atoms with Crippen LogP contribution in [-0.4, -0.2) is 29.7 Å². The quantitative estimate of drug-likeness (QED) is 0.121. The van der Waals surface area contributed by atoms with E-state index in [1.165, 1.54) is 11.3 Å². The minimum absolute atomic E-state index is 0.0290. The van der Waals surface area contributed by atoms with Crippen LogP contribution in [0.15, 0.2) is 67.3 Å². The number of halogens is 2. The Bertz CT molecular complexity index is 1120. The van der Waals surface area contributed by atoms with Crippen molar-refractivity contribution in [3.8, 4) is 17.0 Å². The van der Waals surface area contributed by atoms with E-state index in [2.05, 4.69) is 43.2 Å². The second-order valence-electron chi connectivity index (χ2n) is 9.59. The molecule has 194 valence electrons. The number of ether oxygens (including phenoxy) is 2. The molecule has 36 heavy (non-hydrogen) atoms. The fourth-order valence-electron chi connectivity index (χ4n) is 4.28. The Morgan fingerprint density at radius 1 is 1.03 bits per heavy atom. The van der Waals surface area contributed by atoms with E-state index in [0.29, 0.717) is 11.7 Å². The van der Waals surface area contributed by atoms with Gasteiger partial charge in [-0.05, 0) is 55.4 Å². The fourth-order valence-corrected chi connectivity index (χ4v) is 4.28. The number of aromatic nitrogens is 1. The van der Waals surface area contributed by atoms with Gasteiger partial charge in [0.05, 0.1) is 18.7 Å². The molecule has 2 aromatic carbocycles. The Morgan fingerprint density at radius 3 is 2.44 bits per heavy atom. The Kier molecular flexibility index (Phi) is 10.1. The van der Waals surface area contributed by atoms with E-state index in [0.717, 1.165) is 36.4 Å². The van der Waals surface area contributed by atoms with Crippen molar-refractivity contribution < 1.29 is 23.0 Å². The number of aryl methyl sites for hydroxylation is 1. The van der Waals surface area contributed by atoms with Gasteiger partial charge in [-0.1, -0.05) is 50.8 Å². The maximum atomic E-state index is 14.1. The van der Waals surface area contributed by atoms with Crippen LogP contribution in [-0.2, 0) is 16.1 Å². The summed E-state index contributed by atoms with van der Waals surface area (Å²) in [4.78, 5) is 11.0. The molecule has 0 spiro atoms. The summed E-state index contributed by atoms with van der Waals surface area (Å²) >= 11 is 0. The monoisotopic (exact) mass is 497 g/mol. The molecule has 0 bridgehead atoms. The van der Waals surface area contributed by atoms with Gasteiger partial charge in [0, 0.05) is 42.6 Å². The summed E-state index contributed by atoms with van der Waals surface area (Å²) in [6.45, 7) is 8.84. The smallest absolute Gasteiger partial charge is 0.330 e. The Morgan fingerprint density at radius 2 is 1.75 bits per heavy atom. The van der Waals surface area contributed by atoms with Crippen molar-refractivity contribution in [2.24, 2.45) is 5.92 Å². The van der Waals surface area contributed by atoms with Gasteiger partial charge in [0.2, 0.25) is 5.92 Å². The lowest BCUT2D eigenvalue weighted by Gasteiger charge is -2.16. The lowest BCUT2D eigenvalue weighted by molar-refractivity contribution is -0.138. The Hall–Kier alpha value is -3.15. The van der Waals surface area contributed by atoms with Crippen LogP contribution in [0, 0.1) is 5.92 Å². The third-order valence-electron chi connectivity index (χ3n) is 6.16. The average molecular weight is 498 g/mol. The first-order chi connectivity index (χ1) is 17.3. The second kappa shape index (κ2) is 13.2. The molecule has 0 N–H and O–H groups in total. The molecule has 3 rings (SSSR count). The number of nitrogens with zero attached hydrogens (tertiary/aromatic N) is 1. The highest BCUT2D eigenvalue weighted by Gasteiger charge is 2.27. The molecule has 0 unspecified atom stereocenters. The van der Waals surface area contributed by atoms with Crippen LogP contribution in [0.4, 0.5) is 8.78 Å². The van der Waals surface area contributed by atoms with Gasteiger partial charge in [0.1, 0.15) is 5.75 Å². The molecule has 0 radical (unpaired) electrons. The molecular formula is C30H37F2NO3. The molecule has 0 saturated heterocycles. The summed E-state index contributed by atoms with van der Waals surface area (Å²) in [5, 5.41) is 1.13. The number of hydrogen-bond donors (Lipinski definition) is 0. The number of carbonyl (C=O) groups is 1. The highest BCUT2D eigenvalue weighted by Crippen LogP contribution is 2.32. The average Bonchev–Trinajstić information content (AvgIpc) is 3.22. The fraction of sp³-hybridized carbons (Fsp3) is 0.433. The summed E-state index contributed by atoms with van der Waals surface area (Å²) in [6.07, 6.45) is 3.01. The molecule has 1 aromatic heterocycles. The molecular weight excluding hydrogens is 460 g/mol. The van der Waals surface area contributed by atoms with Crippen molar-refractivity contribution in [2.75, 3.05) is 13.2 Å². The zero-order chi connectivity index (χ0) is 26.0. The first kappa shape index (κ1) is 27.4. The SMILES string of the molecule is C=CC(=O)OCCCC(F)(F)CCCOc1ccc2cc(-c3ccccc3)n(CCCC(C)C)c2c1. The van der Waals surface area contributed by atoms with Crippen LogP contribution in [0.3, 0.4) is 0 Å². The van der Waals surface area contributed by atoms with E-state index in [-0.39, 0.29) is 38.9 Å². The molecule has 1 heterocycles. The van der Waals surface area contributed by atoms with Crippen LogP contribution in [0.25, 0.3) is 22.2 Å². The number of esters is 1. The number of benzene rings is 2. The maximum Gasteiger partial charge on any atom is 0.330 e. The van der Waals surface area contributed by atoms with E-state index in [9.17, 15) is 13.6 Å². The van der Waals surface area contributed by atoms with Crippen LogP contribution < -0.4 is 4.74 Å². The number of fused-ring (bicyclic) bond motifs is 1. The molecule has 6 heteroatoms. The largest absolute Gasteiger partial charge is 0.494 e. The van der Waals surface area contributed by atoms with Gasteiger partial charge < -0.3 is 14.0 Å². The molecule has 0 aliphatic carbocycles. The minimum Gasteiger partial charge on any atom is -0.494 e. The van der Waals surface area contributed by atoms with Crippen LogP contribution in [0.2, 0.25) is 0 Å². The number of hydrogen-bond acceptors (Lipinski definition) is 3. The van der Waals surface area contributed by atoms with Gasteiger partial charge in [-0.2, -0.15) is 0 Å². The lowest BCUT2D eigenvalue weighted by Crippen LogP contribution is -2.18. The van der Waals surface area contributed by atoms with Crippen LogP contribution in [0.5, 0.6) is 5.75 Å². The minimum atomic E-state index is -2.82. The van der Waals surface area contributed by atoms with Gasteiger partial charge in [-0.3, -0.25) is 0 Å². The molecule has 3 aromatic rings. The van der Waals surface area contributed by atoms with Gasteiger partial charge in [0.15, 0.2) is 0 Å². The van der Waals surface area contributed by atoms with E-state index < -0.39 is 11.9 Å². The first-order valence-corrected chi connectivity index (χ1v) is 12.8. The molecule has 0 fully saturated rings. The normalized spacial score (nSPS) is 11.7. The van der Waals surface area contributed by atoms with Crippen molar-refractivity contribution in [2.45, 2.75) is 64.8 Å². The summed E-state index contributed by atoms with van der Waals surface area (Å²) in [5.74, 6) is -2.08. The van der Waals surface area contributed by atoms with Crippen molar-refractivity contribution >= 4 is 16.9 Å². The topological polar surface area (TPSA) is 40.5 Å². The third kappa shape index (κ3) is 8.21. The molecule has 0 aliphatic rings.